The lowest BCUT2D eigenvalue weighted by Gasteiger charge is -2.43. The van der Waals surface area contributed by atoms with Gasteiger partial charge in [0.05, 0.1) is 40.2 Å². The highest BCUT2D eigenvalue weighted by Gasteiger charge is 2.44. The van der Waals surface area contributed by atoms with Crippen molar-refractivity contribution < 1.29 is 34.0 Å². The van der Waals surface area contributed by atoms with E-state index in [-0.39, 0.29) is 17.4 Å². The molecule has 0 bridgehead atoms. The number of hydrogen-bond acceptors (Lipinski definition) is 7. The van der Waals surface area contributed by atoms with Crippen molar-refractivity contribution in [2.75, 3.05) is 33.3 Å². The molecule has 1 atom stereocenters. The van der Waals surface area contributed by atoms with Crippen LogP contribution in [0.2, 0.25) is 0 Å². The fraction of sp³-hybridized carbons (Fsp3) is 0.192. The van der Waals surface area contributed by atoms with E-state index in [9.17, 15) is 15.0 Å². The topological polar surface area (TPSA) is 97.7 Å². The third-order valence-electron chi connectivity index (χ3n) is 5.68. The summed E-state index contributed by atoms with van der Waals surface area (Å²) in [7, 11) is 6.00. The van der Waals surface area contributed by atoms with Crippen molar-refractivity contribution in [2.45, 2.75) is 6.04 Å². The van der Waals surface area contributed by atoms with E-state index in [1.54, 1.807) is 65.6 Å². The van der Waals surface area contributed by atoms with Gasteiger partial charge in [0.2, 0.25) is 5.75 Å². The zero-order valence-electron chi connectivity index (χ0n) is 19.2. The number of nitrogens with zero attached hydrogens (tertiary/aromatic N) is 1. The molecule has 1 aliphatic rings. The van der Waals surface area contributed by atoms with E-state index in [0.717, 1.165) is 5.56 Å². The van der Waals surface area contributed by atoms with E-state index in [4.69, 9.17) is 18.9 Å². The Morgan fingerprint density at radius 1 is 0.794 bits per heavy atom. The molecule has 8 heteroatoms. The second-order valence-corrected chi connectivity index (χ2v) is 7.58. The Bertz CT molecular complexity index is 1230. The Morgan fingerprint density at radius 2 is 1.41 bits per heavy atom. The van der Waals surface area contributed by atoms with Crippen LogP contribution < -0.4 is 23.8 Å². The number of rotatable bonds is 7. The number of phenols is 2. The maximum absolute atomic E-state index is 13.4. The van der Waals surface area contributed by atoms with Gasteiger partial charge in [0.25, 0.3) is 5.91 Å². The zero-order valence-corrected chi connectivity index (χ0v) is 19.2. The summed E-state index contributed by atoms with van der Waals surface area (Å²) in [4.78, 5) is 15.0. The van der Waals surface area contributed by atoms with Crippen molar-refractivity contribution in [1.82, 2.24) is 0 Å². The van der Waals surface area contributed by atoms with Crippen LogP contribution in [-0.2, 0) is 4.79 Å². The van der Waals surface area contributed by atoms with Gasteiger partial charge in [-0.25, -0.2) is 0 Å². The number of carbonyl (C=O) groups excluding carboxylic acids is 1. The van der Waals surface area contributed by atoms with Crippen LogP contribution in [0.25, 0.3) is 6.08 Å². The van der Waals surface area contributed by atoms with Crippen LogP contribution in [0, 0.1) is 0 Å². The largest absolute Gasteiger partial charge is 0.508 e. The van der Waals surface area contributed by atoms with Crippen LogP contribution in [0.15, 0.2) is 60.2 Å². The minimum atomic E-state index is -0.499. The second kappa shape index (κ2) is 9.27. The van der Waals surface area contributed by atoms with Gasteiger partial charge in [-0.3, -0.25) is 9.69 Å². The summed E-state index contributed by atoms with van der Waals surface area (Å²) in [5.74, 6) is 1.46. The molecule has 0 saturated carbocycles. The summed E-state index contributed by atoms with van der Waals surface area (Å²) in [6, 6.07) is 14.5. The van der Waals surface area contributed by atoms with Gasteiger partial charge in [0.15, 0.2) is 23.0 Å². The van der Waals surface area contributed by atoms with Crippen LogP contribution in [0.3, 0.4) is 0 Å². The number of phenolic OH excluding ortho intramolecular Hbond substituents is 2. The van der Waals surface area contributed by atoms with E-state index in [1.807, 2.05) is 0 Å². The molecule has 1 heterocycles. The Balaban J connectivity index is 1.84. The number of methoxy groups -OCH3 is 4. The average molecular weight is 463 g/mol. The van der Waals surface area contributed by atoms with Crippen LogP contribution in [-0.4, -0.2) is 44.6 Å². The van der Waals surface area contributed by atoms with Crippen molar-refractivity contribution >= 4 is 17.7 Å². The Morgan fingerprint density at radius 3 is 1.94 bits per heavy atom. The molecule has 0 spiro atoms. The molecular weight excluding hydrogens is 438 g/mol. The van der Waals surface area contributed by atoms with Crippen molar-refractivity contribution in [3.8, 4) is 34.5 Å². The normalized spacial score (nSPS) is 16.2. The molecule has 0 unspecified atom stereocenters. The van der Waals surface area contributed by atoms with Gasteiger partial charge >= 0.3 is 0 Å². The highest BCUT2D eigenvalue weighted by atomic mass is 16.5. The molecule has 8 nitrogen and oxygen atoms in total. The monoisotopic (exact) mass is 463 g/mol. The maximum atomic E-state index is 13.4. The van der Waals surface area contributed by atoms with Crippen LogP contribution >= 0.6 is 0 Å². The lowest BCUT2D eigenvalue weighted by molar-refractivity contribution is -0.118. The van der Waals surface area contributed by atoms with Gasteiger partial charge in [0.1, 0.15) is 5.75 Å². The van der Waals surface area contributed by atoms with Crippen molar-refractivity contribution in [3.63, 3.8) is 0 Å². The molecule has 3 aromatic carbocycles. The first-order chi connectivity index (χ1) is 16.4. The number of ether oxygens (including phenoxy) is 4. The molecule has 0 radical (unpaired) electrons. The SMILES string of the molecule is COc1ccc([C@H]2/C(=C\c3ccc(O)cc3)C(=O)N2c2cc(OC)c(OC)c(OC)c2)cc1O. The number of amides is 1. The number of carbonyl (C=O) groups is 1. The van der Waals surface area contributed by atoms with E-state index in [1.165, 1.54) is 28.4 Å². The lowest BCUT2D eigenvalue weighted by Crippen LogP contribution is -2.49. The molecule has 1 aliphatic heterocycles. The number of benzene rings is 3. The molecule has 176 valence electrons. The first-order valence-corrected chi connectivity index (χ1v) is 10.4. The third kappa shape index (κ3) is 3.94. The molecule has 2 N–H and O–H groups in total. The quantitative estimate of drug-likeness (QED) is 0.398. The molecule has 4 rings (SSSR count). The summed E-state index contributed by atoms with van der Waals surface area (Å²) in [6.07, 6.45) is 1.77. The average Bonchev–Trinajstić information content (AvgIpc) is 2.85. The first-order valence-electron chi connectivity index (χ1n) is 10.4. The van der Waals surface area contributed by atoms with Crippen LogP contribution in [0.1, 0.15) is 17.2 Å². The second-order valence-electron chi connectivity index (χ2n) is 7.58. The standard InChI is InChI=1S/C26H25NO7/c1-31-21-10-7-16(12-20(21)29)24-19(11-15-5-8-18(28)9-6-15)26(30)27(24)17-13-22(32-2)25(34-4)23(14-17)33-3/h5-14,24,28-29H,1-4H3/b19-11+/t24-/m0/s1. The summed E-state index contributed by atoms with van der Waals surface area (Å²) in [5.41, 5.74) is 2.51. The van der Waals surface area contributed by atoms with Gasteiger partial charge < -0.3 is 29.2 Å². The van der Waals surface area contributed by atoms with Crippen molar-refractivity contribution in [3.05, 3.63) is 71.3 Å². The molecule has 1 saturated heterocycles. The first kappa shape index (κ1) is 22.8. The summed E-state index contributed by atoms with van der Waals surface area (Å²) in [5, 5.41) is 20.0. The van der Waals surface area contributed by atoms with Crippen molar-refractivity contribution in [1.29, 1.82) is 0 Å². The molecule has 0 aliphatic carbocycles. The number of anilines is 1. The minimum absolute atomic E-state index is 0.0341. The Labute approximate surface area is 197 Å². The minimum Gasteiger partial charge on any atom is -0.508 e. The summed E-state index contributed by atoms with van der Waals surface area (Å²) < 4.78 is 21.5. The predicted molar refractivity (Wildman–Crippen MR) is 127 cm³/mol. The van der Waals surface area contributed by atoms with Gasteiger partial charge in [-0.15, -0.1) is 0 Å². The summed E-state index contributed by atoms with van der Waals surface area (Å²) in [6.45, 7) is 0. The van der Waals surface area contributed by atoms with Gasteiger partial charge in [-0.2, -0.15) is 0 Å². The molecular formula is C26H25NO7. The predicted octanol–water partition coefficient (Wildman–Crippen LogP) is 4.30. The molecule has 0 aromatic heterocycles. The fourth-order valence-electron chi connectivity index (χ4n) is 4.02. The van der Waals surface area contributed by atoms with Gasteiger partial charge in [-0.05, 0) is 41.5 Å². The number of hydrogen-bond donors (Lipinski definition) is 2. The molecule has 3 aromatic rings. The highest BCUT2D eigenvalue weighted by Crippen LogP contribution is 2.49. The fourth-order valence-corrected chi connectivity index (χ4v) is 4.02. The van der Waals surface area contributed by atoms with Crippen LogP contribution in [0.5, 0.6) is 34.5 Å². The smallest absolute Gasteiger partial charge is 0.257 e. The van der Waals surface area contributed by atoms with Crippen LogP contribution in [0.4, 0.5) is 5.69 Å². The molecule has 1 fully saturated rings. The zero-order chi connectivity index (χ0) is 24.4. The van der Waals surface area contributed by atoms with E-state index < -0.39 is 6.04 Å². The van der Waals surface area contributed by atoms with Gasteiger partial charge in [0, 0.05) is 17.7 Å². The summed E-state index contributed by atoms with van der Waals surface area (Å²) >= 11 is 0. The highest BCUT2D eigenvalue weighted by molar-refractivity contribution is 6.18. The van der Waals surface area contributed by atoms with E-state index >= 15 is 0 Å². The molecule has 34 heavy (non-hydrogen) atoms. The Kier molecular flexibility index (Phi) is 6.23. The third-order valence-corrected chi connectivity index (χ3v) is 5.68. The lowest BCUT2D eigenvalue weighted by atomic mass is 9.85. The number of aromatic hydroxyl groups is 2. The maximum Gasteiger partial charge on any atom is 0.257 e. The molecule has 1 amide bonds. The van der Waals surface area contributed by atoms with Gasteiger partial charge in [-0.1, -0.05) is 18.2 Å². The Hall–Kier alpha value is -4.33. The van der Waals surface area contributed by atoms with Crippen molar-refractivity contribution in [2.24, 2.45) is 0 Å². The van der Waals surface area contributed by atoms with E-state index in [0.29, 0.717) is 39.8 Å². The number of β-lactam (4-membered cyclic amide) rings is 1. The van der Waals surface area contributed by atoms with E-state index in [2.05, 4.69) is 0 Å².